The summed E-state index contributed by atoms with van der Waals surface area (Å²) in [7, 11) is -3.59. The van der Waals surface area contributed by atoms with Crippen molar-refractivity contribution in [1.29, 1.82) is 0 Å². The van der Waals surface area contributed by atoms with Gasteiger partial charge in [0.25, 0.3) is 5.91 Å². The predicted molar refractivity (Wildman–Crippen MR) is 98.9 cm³/mol. The third kappa shape index (κ3) is 4.10. The summed E-state index contributed by atoms with van der Waals surface area (Å²) >= 11 is 0. The molecule has 0 aliphatic carbocycles. The molecule has 1 unspecified atom stereocenters. The van der Waals surface area contributed by atoms with Crippen molar-refractivity contribution in [3.8, 4) is 5.88 Å². The van der Waals surface area contributed by atoms with Crippen LogP contribution in [0.15, 0.2) is 42.6 Å². The van der Waals surface area contributed by atoms with Gasteiger partial charge in [0.15, 0.2) is 9.84 Å². The van der Waals surface area contributed by atoms with Crippen LogP contribution in [0.5, 0.6) is 5.88 Å². The van der Waals surface area contributed by atoms with E-state index < -0.39 is 20.9 Å². The monoisotopic (exact) mass is 392 g/mol. The Hall–Kier alpha value is -2.48. The Labute approximate surface area is 157 Å². The molecule has 144 valence electrons. The number of hydrogen-bond acceptors (Lipinski definition) is 5. The van der Waals surface area contributed by atoms with Gasteiger partial charge in [-0.05, 0) is 31.5 Å². The van der Waals surface area contributed by atoms with Crippen molar-refractivity contribution in [2.24, 2.45) is 0 Å². The lowest BCUT2D eigenvalue weighted by molar-refractivity contribution is 0.0761. The summed E-state index contributed by atoms with van der Waals surface area (Å²) in [6.45, 7) is 2.41. The second-order valence-electron chi connectivity index (χ2n) is 6.25. The molecule has 2 aromatic rings. The Morgan fingerprint density at radius 2 is 2.04 bits per heavy atom. The molecule has 1 aromatic heterocycles. The average molecular weight is 392 g/mol. The number of carbonyl (C=O) groups is 1. The van der Waals surface area contributed by atoms with Gasteiger partial charge in [-0.1, -0.05) is 18.2 Å². The molecule has 0 spiro atoms. The standard InChI is InChI=1S/C19H21FN2O4S/c1-2-26-18-15(7-5-10-21-18)19(23)22-11-9-17(27(24,25)13-12-22)14-6-3-4-8-16(14)20/h3-8,10,17H,2,9,11-13H2,1H3. The first-order valence-electron chi connectivity index (χ1n) is 8.77. The van der Waals surface area contributed by atoms with Crippen LogP contribution in [0.4, 0.5) is 4.39 Å². The number of sulfone groups is 1. The van der Waals surface area contributed by atoms with Gasteiger partial charge in [0.2, 0.25) is 5.88 Å². The third-order valence-electron chi connectivity index (χ3n) is 4.56. The highest BCUT2D eigenvalue weighted by Gasteiger charge is 2.34. The van der Waals surface area contributed by atoms with Crippen LogP contribution in [0, 0.1) is 5.82 Å². The van der Waals surface area contributed by atoms with Crippen LogP contribution in [0.3, 0.4) is 0 Å². The molecule has 3 rings (SSSR count). The van der Waals surface area contributed by atoms with Crippen molar-refractivity contribution >= 4 is 15.7 Å². The van der Waals surface area contributed by atoms with Gasteiger partial charge in [-0.3, -0.25) is 4.79 Å². The molecule has 1 saturated heterocycles. The lowest BCUT2D eigenvalue weighted by Crippen LogP contribution is -2.34. The molecule has 0 bridgehead atoms. The Morgan fingerprint density at radius 3 is 2.78 bits per heavy atom. The molecule has 1 aromatic carbocycles. The predicted octanol–water partition coefficient (Wildman–Crippen LogP) is 2.62. The smallest absolute Gasteiger partial charge is 0.259 e. The van der Waals surface area contributed by atoms with E-state index in [1.54, 1.807) is 25.1 Å². The number of carbonyl (C=O) groups excluding carboxylic acids is 1. The summed E-state index contributed by atoms with van der Waals surface area (Å²) < 4.78 is 44.9. The van der Waals surface area contributed by atoms with E-state index in [-0.39, 0.29) is 42.6 Å². The van der Waals surface area contributed by atoms with E-state index in [4.69, 9.17) is 4.74 Å². The Kier molecular flexibility index (Phi) is 5.74. The van der Waals surface area contributed by atoms with E-state index in [2.05, 4.69) is 4.98 Å². The molecule has 1 aliphatic heterocycles. The van der Waals surface area contributed by atoms with E-state index in [9.17, 15) is 17.6 Å². The number of aromatic nitrogens is 1. The minimum atomic E-state index is -3.59. The number of pyridine rings is 1. The number of amides is 1. The van der Waals surface area contributed by atoms with Crippen LogP contribution in [0.1, 0.15) is 34.5 Å². The van der Waals surface area contributed by atoms with Crippen LogP contribution in [-0.2, 0) is 9.84 Å². The molecule has 8 heteroatoms. The molecule has 27 heavy (non-hydrogen) atoms. The van der Waals surface area contributed by atoms with E-state index in [0.717, 1.165) is 0 Å². The van der Waals surface area contributed by atoms with Gasteiger partial charge in [0.1, 0.15) is 11.4 Å². The van der Waals surface area contributed by atoms with Crippen LogP contribution < -0.4 is 4.74 Å². The number of halogens is 1. The fourth-order valence-electron chi connectivity index (χ4n) is 3.21. The van der Waals surface area contributed by atoms with Crippen molar-refractivity contribution in [3.05, 3.63) is 59.5 Å². The third-order valence-corrected chi connectivity index (χ3v) is 6.67. The van der Waals surface area contributed by atoms with Gasteiger partial charge in [-0.25, -0.2) is 17.8 Å². The van der Waals surface area contributed by atoms with Crippen molar-refractivity contribution in [1.82, 2.24) is 9.88 Å². The van der Waals surface area contributed by atoms with Gasteiger partial charge >= 0.3 is 0 Å². The lowest BCUT2D eigenvalue weighted by Gasteiger charge is -2.21. The van der Waals surface area contributed by atoms with Gasteiger partial charge in [0.05, 0.1) is 17.6 Å². The maximum Gasteiger partial charge on any atom is 0.259 e. The molecule has 1 fully saturated rings. The van der Waals surface area contributed by atoms with Crippen LogP contribution in [0.25, 0.3) is 0 Å². The minimum absolute atomic E-state index is 0.0482. The van der Waals surface area contributed by atoms with Crippen molar-refractivity contribution in [3.63, 3.8) is 0 Å². The normalized spacial score (nSPS) is 19.3. The van der Waals surface area contributed by atoms with Crippen LogP contribution in [0.2, 0.25) is 0 Å². The first-order chi connectivity index (χ1) is 12.9. The number of ether oxygens (including phenoxy) is 1. The summed E-state index contributed by atoms with van der Waals surface area (Å²) in [6, 6.07) is 9.12. The molecule has 1 atom stereocenters. The van der Waals surface area contributed by atoms with Crippen molar-refractivity contribution in [2.75, 3.05) is 25.4 Å². The summed E-state index contributed by atoms with van der Waals surface area (Å²) in [6.07, 6.45) is 1.67. The topological polar surface area (TPSA) is 76.6 Å². The minimum Gasteiger partial charge on any atom is -0.477 e. The zero-order valence-corrected chi connectivity index (χ0v) is 15.8. The maximum atomic E-state index is 14.1. The van der Waals surface area contributed by atoms with Crippen LogP contribution >= 0.6 is 0 Å². The summed E-state index contributed by atoms with van der Waals surface area (Å²) in [5.41, 5.74) is 0.448. The molecule has 0 saturated carbocycles. The Bertz CT molecular complexity index is 933. The number of benzene rings is 1. The highest BCUT2D eigenvalue weighted by molar-refractivity contribution is 7.91. The van der Waals surface area contributed by atoms with Crippen molar-refractivity contribution in [2.45, 2.75) is 18.6 Å². The average Bonchev–Trinajstić information content (AvgIpc) is 2.81. The van der Waals surface area contributed by atoms with E-state index in [1.165, 1.54) is 29.3 Å². The zero-order valence-electron chi connectivity index (χ0n) is 15.0. The van der Waals surface area contributed by atoms with E-state index in [0.29, 0.717) is 12.2 Å². The fraction of sp³-hybridized carbons (Fsp3) is 0.368. The Balaban J connectivity index is 1.86. The van der Waals surface area contributed by atoms with Gasteiger partial charge in [0, 0.05) is 24.8 Å². The van der Waals surface area contributed by atoms with Gasteiger partial charge < -0.3 is 9.64 Å². The second-order valence-corrected chi connectivity index (χ2v) is 8.55. The Morgan fingerprint density at radius 1 is 1.26 bits per heavy atom. The SMILES string of the molecule is CCOc1ncccc1C(=O)N1CCC(c2ccccc2F)S(=O)(=O)CC1. The first-order valence-corrected chi connectivity index (χ1v) is 10.5. The number of nitrogens with zero attached hydrogens (tertiary/aromatic N) is 2. The lowest BCUT2D eigenvalue weighted by atomic mass is 10.1. The second kappa shape index (κ2) is 8.04. The fourth-order valence-corrected chi connectivity index (χ4v) is 5.01. The maximum absolute atomic E-state index is 14.1. The highest BCUT2D eigenvalue weighted by Crippen LogP contribution is 2.31. The highest BCUT2D eigenvalue weighted by atomic mass is 32.2. The number of rotatable bonds is 4. The summed E-state index contributed by atoms with van der Waals surface area (Å²) in [4.78, 5) is 18.4. The first kappa shape index (κ1) is 19.3. The van der Waals surface area contributed by atoms with Crippen LogP contribution in [-0.4, -0.2) is 49.7 Å². The van der Waals surface area contributed by atoms with E-state index >= 15 is 0 Å². The zero-order chi connectivity index (χ0) is 19.4. The molecule has 0 radical (unpaired) electrons. The van der Waals surface area contributed by atoms with Gasteiger partial charge in [-0.2, -0.15) is 0 Å². The molecule has 2 heterocycles. The molecular formula is C19H21FN2O4S. The largest absolute Gasteiger partial charge is 0.477 e. The number of hydrogen-bond donors (Lipinski definition) is 0. The summed E-state index contributed by atoms with van der Waals surface area (Å²) in [5, 5.41) is -0.961. The molecule has 1 aliphatic rings. The van der Waals surface area contributed by atoms with E-state index in [1.807, 2.05) is 0 Å². The summed E-state index contributed by atoms with van der Waals surface area (Å²) in [5.74, 6) is -0.877. The molecule has 1 amide bonds. The van der Waals surface area contributed by atoms with Crippen molar-refractivity contribution < 1.29 is 22.3 Å². The molecule has 0 N–H and O–H groups in total. The quantitative estimate of drug-likeness (QED) is 0.799. The molecule has 6 nitrogen and oxygen atoms in total. The molecular weight excluding hydrogens is 371 g/mol. The van der Waals surface area contributed by atoms with Gasteiger partial charge in [-0.15, -0.1) is 0 Å².